The Labute approximate surface area is 201 Å². The highest BCUT2D eigenvalue weighted by Crippen LogP contribution is 2.23. The molecule has 33 heavy (non-hydrogen) atoms. The number of hydrogen-bond acceptors (Lipinski definition) is 5. The minimum atomic E-state index is -0.210. The SMILES string of the molecule is O=C(/C=C/c1c(Cl)nc2sccn12)Nc1ccc(N2CCN(Cc3ccccc3)CC2)cc1. The lowest BCUT2D eigenvalue weighted by Crippen LogP contribution is -2.45. The molecule has 0 aliphatic carbocycles. The molecular formula is C25H24ClN5OS. The van der Waals surface area contributed by atoms with E-state index in [4.69, 9.17) is 11.6 Å². The summed E-state index contributed by atoms with van der Waals surface area (Å²) >= 11 is 7.68. The van der Waals surface area contributed by atoms with E-state index in [-0.39, 0.29) is 5.91 Å². The van der Waals surface area contributed by atoms with Gasteiger partial charge >= 0.3 is 0 Å². The third-order valence-electron chi connectivity index (χ3n) is 5.77. The number of thiazole rings is 1. The summed E-state index contributed by atoms with van der Waals surface area (Å²) in [6.07, 6.45) is 5.05. The number of rotatable bonds is 6. The van der Waals surface area contributed by atoms with E-state index < -0.39 is 0 Å². The Balaban J connectivity index is 1.14. The first-order chi connectivity index (χ1) is 16.2. The lowest BCUT2D eigenvalue weighted by atomic mass is 10.2. The summed E-state index contributed by atoms with van der Waals surface area (Å²) in [5.41, 5.74) is 3.99. The largest absolute Gasteiger partial charge is 0.369 e. The normalized spacial score (nSPS) is 14.9. The second-order valence-corrected chi connectivity index (χ2v) is 9.19. The summed E-state index contributed by atoms with van der Waals surface area (Å²) < 4.78 is 1.87. The van der Waals surface area contributed by atoms with Gasteiger partial charge in [0.05, 0.1) is 5.69 Å². The number of amides is 1. The number of halogens is 1. The van der Waals surface area contributed by atoms with Gasteiger partial charge in [-0.25, -0.2) is 4.98 Å². The molecule has 6 nitrogen and oxygen atoms in total. The summed E-state index contributed by atoms with van der Waals surface area (Å²) in [5, 5.41) is 5.23. The Morgan fingerprint density at radius 2 is 1.82 bits per heavy atom. The van der Waals surface area contributed by atoms with E-state index in [0.29, 0.717) is 10.8 Å². The maximum Gasteiger partial charge on any atom is 0.248 e. The number of piperazine rings is 1. The van der Waals surface area contributed by atoms with E-state index in [1.54, 1.807) is 6.08 Å². The van der Waals surface area contributed by atoms with Gasteiger partial charge in [0.2, 0.25) is 5.91 Å². The number of nitrogens with one attached hydrogen (secondary N) is 1. The van der Waals surface area contributed by atoms with Crippen molar-refractivity contribution in [2.75, 3.05) is 36.4 Å². The fraction of sp³-hybridized carbons (Fsp3) is 0.200. The summed E-state index contributed by atoms with van der Waals surface area (Å²) in [6.45, 7) is 5.05. The summed E-state index contributed by atoms with van der Waals surface area (Å²) in [6, 6.07) is 18.6. The molecular weight excluding hydrogens is 454 g/mol. The number of hydrogen-bond donors (Lipinski definition) is 1. The zero-order valence-corrected chi connectivity index (χ0v) is 19.6. The van der Waals surface area contributed by atoms with Crippen LogP contribution in [-0.4, -0.2) is 46.4 Å². The maximum atomic E-state index is 12.4. The fourth-order valence-corrected chi connectivity index (χ4v) is 5.03. The smallest absolute Gasteiger partial charge is 0.248 e. The lowest BCUT2D eigenvalue weighted by Gasteiger charge is -2.36. The van der Waals surface area contributed by atoms with Crippen molar-refractivity contribution in [1.82, 2.24) is 14.3 Å². The first-order valence-corrected chi connectivity index (χ1v) is 12.1. The van der Waals surface area contributed by atoms with Crippen LogP contribution in [0.15, 0.2) is 72.3 Å². The minimum absolute atomic E-state index is 0.210. The Hall–Kier alpha value is -3.13. The lowest BCUT2D eigenvalue weighted by molar-refractivity contribution is -0.111. The third kappa shape index (κ3) is 5.11. The van der Waals surface area contributed by atoms with Crippen LogP contribution in [0.5, 0.6) is 0 Å². The predicted octanol–water partition coefficient (Wildman–Crippen LogP) is 5.02. The third-order valence-corrected chi connectivity index (χ3v) is 6.80. The minimum Gasteiger partial charge on any atom is -0.369 e. The van der Waals surface area contributed by atoms with Gasteiger partial charge in [-0.2, -0.15) is 0 Å². The molecule has 168 valence electrons. The number of imidazole rings is 1. The average Bonchev–Trinajstić information content (AvgIpc) is 3.40. The van der Waals surface area contributed by atoms with Crippen LogP contribution in [0.1, 0.15) is 11.3 Å². The van der Waals surface area contributed by atoms with Crippen molar-refractivity contribution >= 4 is 51.3 Å². The van der Waals surface area contributed by atoms with Crippen LogP contribution in [0.4, 0.5) is 11.4 Å². The Bertz CT molecular complexity index is 1260. The van der Waals surface area contributed by atoms with E-state index >= 15 is 0 Å². The van der Waals surface area contributed by atoms with Crippen molar-refractivity contribution in [3.05, 3.63) is 88.7 Å². The summed E-state index contributed by atoms with van der Waals surface area (Å²) in [5.74, 6) is -0.210. The number of benzene rings is 2. The monoisotopic (exact) mass is 477 g/mol. The average molecular weight is 478 g/mol. The molecule has 2 aromatic carbocycles. The van der Waals surface area contributed by atoms with Crippen molar-refractivity contribution in [3.8, 4) is 0 Å². The molecule has 2 aromatic heterocycles. The van der Waals surface area contributed by atoms with E-state index in [9.17, 15) is 4.79 Å². The van der Waals surface area contributed by atoms with Gasteiger partial charge in [0, 0.05) is 61.8 Å². The van der Waals surface area contributed by atoms with E-state index in [1.807, 2.05) is 28.1 Å². The molecule has 0 radical (unpaired) electrons. The van der Waals surface area contributed by atoms with Crippen LogP contribution in [0.2, 0.25) is 5.15 Å². The van der Waals surface area contributed by atoms with Crippen LogP contribution in [0.3, 0.4) is 0 Å². The number of carbonyl (C=O) groups is 1. The van der Waals surface area contributed by atoms with Crippen molar-refractivity contribution in [1.29, 1.82) is 0 Å². The Morgan fingerprint density at radius 1 is 1.06 bits per heavy atom. The molecule has 1 aliphatic rings. The van der Waals surface area contributed by atoms with Gasteiger partial charge in [-0.05, 0) is 35.9 Å². The molecule has 1 N–H and O–H groups in total. The zero-order chi connectivity index (χ0) is 22.6. The van der Waals surface area contributed by atoms with Crippen LogP contribution >= 0.6 is 22.9 Å². The molecule has 3 heterocycles. The van der Waals surface area contributed by atoms with Gasteiger partial charge in [0.15, 0.2) is 10.1 Å². The molecule has 0 atom stereocenters. The topological polar surface area (TPSA) is 52.9 Å². The van der Waals surface area contributed by atoms with Gasteiger partial charge < -0.3 is 10.2 Å². The fourth-order valence-electron chi connectivity index (χ4n) is 4.03. The number of nitrogens with zero attached hydrogens (tertiary/aromatic N) is 4. The number of fused-ring (bicyclic) bond motifs is 1. The van der Waals surface area contributed by atoms with Crippen molar-refractivity contribution in [3.63, 3.8) is 0 Å². The second kappa shape index (κ2) is 9.79. The first-order valence-electron chi connectivity index (χ1n) is 10.9. The van der Waals surface area contributed by atoms with Gasteiger partial charge in [-0.3, -0.25) is 14.1 Å². The number of aromatic nitrogens is 2. The highest BCUT2D eigenvalue weighted by atomic mass is 35.5. The molecule has 1 fully saturated rings. The van der Waals surface area contributed by atoms with Crippen molar-refractivity contribution in [2.45, 2.75) is 6.54 Å². The zero-order valence-electron chi connectivity index (χ0n) is 18.0. The predicted molar refractivity (Wildman–Crippen MR) is 136 cm³/mol. The van der Waals surface area contributed by atoms with Crippen molar-refractivity contribution < 1.29 is 4.79 Å². The van der Waals surface area contributed by atoms with Gasteiger partial charge in [0.1, 0.15) is 0 Å². The van der Waals surface area contributed by atoms with Gasteiger partial charge in [-0.1, -0.05) is 41.9 Å². The maximum absolute atomic E-state index is 12.4. The number of carbonyl (C=O) groups excluding carboxylic acids is 1. The van der Waals surface area contributed by atoms with Crippen LogP contribution in [0.25, 0.3) is 11.0 Å². The molecule has 4 aromatic rings. The molecule has 1 aliphatic heterocycles. The molecule has 1 amide bonds. The molecule has 5 rings (SSSR count). The first kappa shape index (κ1) is 21.7. The highest BCUT2D eigenvalue weighted by molar-refractivity contribution is 7.15. The van der Waals surface area contributed by atoms with E-state index in [1.165, 1.54) is 28.7 Å². The molecule has 8 heteroatoms. The standard InChI is InChI=1S/C25H24ClN5OS/c26-24-22(31-16-17-33-25(31)28-24)10-11-23(32)27-20-6-8-21(9-7-20)30-14-12-29(13-15-30)18-19-4-2-1-3-5-19/h1-11,16-17H,12-15,18H2,(H,27,32)/b11-10+. The quantitative estimate of drug-likeness (QED) is 0.396. The van der Waals surface area contributed by atoms with Gasteiger partial charge in [-0.15, -0.1) is 11.3 Å². The molecule has 1 saturated heterocycles. The second-order valence-electron chi connectivity index (χ2n) is 7.96. The van der Waals surface area contributed by atoms with Gasteiger partial charge in [0.25, 0.3) is 0 Å². The Kier molecular flexibility index (Phi) is 6.44. The van der Waals surface area contributed by atoms with Crippen LogP contribution in [-0.2, 0) is 11.3 Å². The van der Waals surface area contributed by atoms with Crippen LogP contribution < -0.4 is 10.2 Å². The molecule has 0 bridgehead atoms. The summed E-state index contributed by atoms with van der Waals surface area (Å²) in [7, 11) is 0. The van der Waals surface area contributed by atoms with Crippen LogP contribution in [0, 0.1) is 0 Å². The summed E-state index contributed by atoms with van der Waals surface area (Å²) in [4.78, 5) is 22.3. The molecule has 0 unspecified atom stereocenters. The van der Waals surface area contributed by atoms with E-state index in [0.717, 1.165) is 43.4 Å². The van der Waals surface area contributed by atoms with Crippen molar-refractivity contribution in [2.24, 2.45) is 0 Å². The highest BCUT2D eigenvalue weighted by Gasteiger charge is 2.17. The molecule has 0 saturated carbocycles. The molecule has 0 spiro atoms. The number of anilines is 2. The van der Waals surface area contributed by atoms with E-state index in [2.05, 4.69) is 62.6 Å². The Morgan fingerprint density at radius 3 is 2.58 bits per heavy atom.